The van der Waals surface area contributed by atoms with Gasteiger partial charge in [0.25, 0.3) is 0 Å². The highest BCUT2D eigenvalue weighted by molar-refractivity contribution is 6.40. The first-order valence-corrected chi connectivity index (χ1v) is 6.95. The van der Waals surface area contributed by atoms with E-state index >= 15 is 0 Å². The van der Waals surface area contributed by atoms with E-state index in [2.05, 4.69) is 11.9 Å². The van der Waals surface area contributed by atoms with Crippen molar-refractivity contribution in [2.24, 2.45) is 5.92 Å². The van der Waals surface area contributed by atoms with Crippen LogP contribution in [0, 0.1) is 5.92 Å². The Morgan fingerprint density at radius 3 is 2.68 bits per heavy atom. The van der Waals surface area contributed by atoms with Crippen molar-refractivity contribution >= 4 is 13.1 Å². The van der Waals surface area contributed by atoms with Gasteiger partial charge in [0.05, 0.1) is 0 Å². The molecule has 3 unspecified atom stereocenters. The Kier molecular flexibility index (Phi) is 6.55. The summed E-state index contributed by atoms with van der Waals surface area (Å²) in [5, 5.41) is 30.0. The van der Waals surface area contributed by atoms with Gasteiger partial charge >= 0.3 is 13.1 Å². The third kappa shape index (κ3) is 5.34. The Labute approximate surface area is 114 Å². The van der Waals surface area contributed by atoms with Gasteiger partial charge in [-0.2, -0.15) is 0 Å². The summed E-state index contributed by atoms with van der Waals surface area (Å²) in [6.07, 6.45) is 4.19. The fourth-order valence-corrected chi connectivity index (χ4v) is 2.71. The fourth-order valence-electron chi connectivity index (χ4n) is 2.71. The van der Waals surface area contributed by atoms with E-state index in [1.807, 2.05) is 6.92 Å². The first-order chi connectivity index (χ1) is 8.93. The van der Waals surface area contributed by atoms with Gasteiger partial charge in [0, 0.05) is 6.04 Å². The summed E-state index contributed by atoms with van der Waals surface area (Å²) in [4.78, 5) is 11.2. The van der Waals surface area contributed by atoms with E-state index in [9.17, 15) is 9.90 Å². The molecule has 5 nitrogen and oxygen atoms in total. The predicted molar refractivity (Wildman–Crippen MR) is 74.7 cm³/mol. The maximum atomic E-state index is 11.2. The van der Waals surface area contributed by atoms with Crippen molar-refractivity contribution in [1.82, 2.24) is 5.32 Å². The van der Waals surface area contributed by atoms with E-state index < -0.39 is 19.1 Å². The molecule has 0 aromatic carbocycles. The Morgan fingerprint density at radius 2 is 2.16 bits per heavy atom. The highest BCUT2D eigenvalue weighted by atomic mass is 16.4. The van der Waals surface area contributed by atoms with Crippen molar-refractivity contribution in [2.45, 2.75) is 57.4 Å². The first-order valence-electron chi connectivity index (χ1n) is 6.95. The number of carbonyl (C=O) groups is 1. The summed E-state index contributed by atoms with van der Waals surface area (Å²) in [5.41, 5.74) is 1.13. The van der Waals surface area contributed by atoms with Crippen LogP contribution in [0.25, 0.3) is 0 Å². The minimum Gasteiger partial charge on any atom is -0.480 e. The van der Waals surface area contributed by atoms with Crippen LogP contribution in [0.2, 0.25) is 6.32 Å². The van der Waals surface area contributed by atoms with Gasteiger partial charge in [-0.1, -0.05) is 25.5 Å². The third-order valence-electron chi connectivity index (χ3n) is 3.81. The Bertz CT molecular complexity index is 322. The van der Waals surface area contributed by atoms with Crippen LogP contribution < -0.4 is 5.32 Å². The highest BCUT2D eigenvalue weighted by Gasteiger charge is 2.37. The zero-order valence-electron chi connectivity index (χ0n) is 11.5. The molecule has 6 heteroatoms. The molecule has 0 aliphatic carbocycles. The number of rotatable bonds is 8. The van der Waals surface area contributed by atoms with Crippen LogP contribution in [0.1, 0.15) is 39.0 Å². The lowest BCUT2D eigenvalue weighted by Gasteiger charge is -2.14. The lowest BCUT2D eigenvalue weighted by Crippen LogP contribution is -2.38. The predicted octanol–water partition coefficient (Wildman–Crippen LogP) is 1.03. The van der Waals surface area contributed by atoms with Crippen LogP contribution in [0.3, 0.4) is 0 Å². The van der Waals surface area contributed by atoms with E-state index in [-0.39, 0.29) is 12.0 Å². The van der Waals surface area contributed by atoms with Crippen LogP contribution in [-0.2, 0) is 4.79 Å². The van der Waals surface area contributed by atoms with E-state index in [0.29, 0.717) is 19.2 Å². The van der Waals surface area contributed by atoms with Crippen LogP contribution in [0.4, 0.5) is 0 Å². The highest BCUT2D eigenvalue weighted by Crippen LogP contribution is 2.29. The quantitative estimate of drug-likeness (QED) is 0.390. The smallest absolute Gasteiger partial charge is 0.451 e. The zero-order valence-corrected chi connectivity index (χ0v) is 11.5. The summed E-state index contributed by atoms with van der Waals surface area (Å²) in [5.74, 6) is -0.759. The van der Waals surface area contributed by atoms with E-state index in [4.69, 9.17) is 10.0 Å². The SMILES string of the molecule is C=C(CC)CC1CC(CCCB(O)O)C(C(=O)O)N1. The Balaban J connectivity index is 2.48. The van der Waals surface area contributed by atoms with Gasteiger partial charge in [-0.15, -0.1) is 0 Å². The average molecular weight is 269 g/mol. The van der Waals surface area contributed by atoms with E-state index in [1.54, 1.807) is 0 Å². The van der Waals surface area contributed by atoms with Gasteiger partial charge < -0.3 is 20.5 Å². The van der Waals surface area contributed by atoms with Gasteiger partial charge in [-0.05, 0) is 37.9 Å². The number of hydrogen-bond acceptors (Lipinski definition) is 4. The number of carboxylic acids is 1. The molecule has 0 saturated carbocycles. The van der Waals surface area contributed by atoms with Crippen LogP contribution in [0.5, 0.6) is 0 Å². The maximum Gasteiger partial charge on any atom is 0.451 e. The molecular formula is C13H24BNO4. The molecule has 1 aliphatic heterocycles. The minimum absolute atomic E-state index is 0.0610. The zero-order chi connectivity index (χ0) is 14.4. The second kappa shape index (κ2) is 7.67. The van der Waals surface area contributed by atoms with Crippen molar-refractivity contribution in [2.75, 3.05) is 0 Å². The van der Waals surface area contributed by atoms with Gasteiger partial charge in [-0.3, -0.25) is 4.79 Å². The second-order valence-electron chi connectivity index (χ2n) is 5.39. The first kappa shape index (κ1) is 16.2. The molecule has 4 N–H and O–H groups in total. The molecule has 3 atom stereocenters. The van der Waals surface area contributed by atoms with Crippen molar-refractivity contribution in [3.8, 4) is 0 Å². The molecule has 1 rings (SSSR count). The summed E-state index contributed by atoms with van der Waals surface area (Å²) < 4.78 is 0. The molecule has 0 amide bonds. The van der Waals surface area contributed by atoms with Gasteiger partial charge in [0.1, 0.15) is 6.04 Å². The fraction of sp³-hybridized carbons (Fsp3) is 0.769. The largest absolute Gasteiger partial charge is 0.480 e. The molecule has 1 heterocycles. The maximum absolute atomic E-state index is 11.2. The Hall–Kier alpha value is -0.845. The Morgan fingerprint density at radius 1 is 1.47 bits per heavy atom. The van der Waals surface area contributed by atoms with Crippen molar-refractivity contribution < 1.29 is 19.9 Å². The minimum atomic E-state index is -1.30. The van der Waals surface area contributed by atoms with Gasteiger partial charge in [0.2, 0.25) is 0 Å². The number of carboxylic acid groups (broad SMARTS) is 1. The van der Waals surface area contributed by atoms with Gasteiger partial charge in [0.15, 0.2) is 0 Å². The third-order valence-corrected chi connectivity index (χ3v) is 3.81. The summed E-state index contributed by atoms with van der Waals surface area (Å²) in [7, 11) is -1.30. The monoisotopic (exact) mass is 269 g/mol. The van der Waals surface area contributed by atoms with Crippen LogP contribution >= 0.6 is 0 Å². The van der Waals surface area contributed by atoms with Crippen LogP contribution in [-0.4, -0.2) is 40.3 Å². The molecule has 0 aromatic rings. The molecule has 0 aromatic heterocycles. The normalized spacial score (nSPS) is 26.4. The lowest BCUT2D eigenvalue weighted by atomic mass is 9.81. The molecule has 108 valence electrons. The van der Waals surface area contributed by atoms with E-state index in [1.165, 1.54) is 0 Å². The number of nitrogens with one attached hydrogen (secondary N) is 1. The van der Waals surface area contributed by atoms with Gasteiger partial charge in [-0.25, -0.2) is 0 Å². The summed E-state index contributed by atoms with van der Waals surface area (Å²) >= 11 is 0. The number of aliphatic carboxylic acids is 1. The molecule has 0 spiro atoms. The summed E-state index contributed by atoms with van der Waals surface area (Å²) in [6, 6.07) is -0.344. The second-order valence-corrected chi connectivity index (χ2v) is 5.39. The average Bonchev–Trinajstić information content (AvgIpc) is 2.71. The van der Waals surface area contributed by atoms with E-state index in [0.717, 1.165) is 24.8 Å². The molecule has 1 aliphatic rings. The van der Waals surface area contributed by atoms with Crippen LogP contribution in [0.15, 0.2) is 12.2 Å². The topological polar surface area (TPSA) is 89.8 Å². The molecule has 1 fully saturated rings. The molecule has 1 saturated heterocycles. The van der Waals surface area contributed by atoms with Crippen molar-refractivity contribution in [1.29, 1.82) is 0 Å². The van der Waals surface area contributed by atoms with Crippen molar-refractivity contribution in [3.05, 3.63) is 12.2 Å². The molecule has 19 heavy (non-hydrogen) atoms. The molecule has 0 bridgehead atoms. The molecular weight excluding hydrogens is 245 g/mol. The lowest BCUT2D eigenvalue weighted by molar-refractivity contribution is -0.140. The standard InChI is InChI=1S/C13H24BNO4/c1-3-9(2)7-11-8-10(5-4-6-14(18)19)12(15-11)13(16)17/h10-12,15,18-19H,2-8H2,1H3,(H,16,17). The van der Waals surface area contributed by atoms with Crippen molar-refractivity contribution in [3.63, 3.8) is 0 Å². The summed E-state index contributed by atoms with van der Waals surface area (Å²) in [6.45, 7) is 6.01. The number of hydrogen-bond donors (Lipinski definition) is 4. The molecule has 0 radical (unpaired) electrons.